The van der Waals surface area contributed by atoms with Crippen molar-refractivity contribution in [1.82, 2.24) is 10.6 Å². The maximum atomic E-state index is 13.1. The minimum absolute atomic E-state index is 0. The van der Waals surface area contributed by atoms with Gasteiger partial charge in [0.2, 0.25) is 0 Å². The molecule has 1 unspecified atom stereocenters. The van der Waals surface area contributed by atoms with Crippen LogP contribution in [-0.4, -0.2) is 31.7 Å². The van der Waals surface area contributed by atoms with Crippen LogP contribution in [0.4, 0.5) is 4.39 Å². The molecule has 0 saturated heterocycles. The second kappa shape index (κ2) is 9.66. The highest BCUT2D eigenvalue weighted by Crippen LogP contribution is 2.13. The van der Waals surface area contributed by atoms with Crippen molar-refractivity contribution >= 4 is 29.9 Å². The van der Waals surface area contributed by atoms with E-state index < -0.39 is 0 Å². The lowest BCUT2D eigenvalue weighted by Gasteiger charge is -2.20. The Morgan fingerprint density at radius 1 is 1.41 bits per heavy atom. The van der Waals surface area contributed by atoms with Gasteiger partial charge < -0.3 is 15.4 Å². The van der Waals surface area contributed by atoms with E-state index in [1.807, 2.05) is 6.92 Å². The molecule has 2 N–H and O–H groups in total. The molecule has 1 aromatic rings. The molecule has 1 atom stereocenters. The highest BCUT2D eigenvalue weighted by molar-refractivity contribution is 14.0. The number of hydrogen-bond acceptors (Lipinski definition) is 2. The van der Waals surface area contributed by atoms with Crippen molar-refractivity contribution in [3.05, 3.63) is 42.2 Å². The number of aliphatic imine (C=N–C) groups is 1. The monoisotopic (exact) mass is 419 g/mol. The van der Waals surface area contributed by atoms with Gasteiger partial charge >= 0.3 is 0 Å². The first-order valence-corrected chi connectivity index (χ1v) is 7.22. The summed E-state index contributed by atoms with van der Waals surface area (Å²) in [7, 11) is 1.75. The van der Waals surface area contributed by atoms with Crippen molar-refractivity contribution in [1.29, 1.82) is 0 Å². The fourth-order valence-electron chi connectivity index (χ4n) is 2.18. The van der Waals surface area contributed by atoms with Gasteiger partial charge in [-0.3, -0.25) is 4.99 Å². The van der Waals surface area contributed by atoms with Crippen molar-refractivity contribution < 1.29 is 9.13 Å². The highest BCUT2D eigenvalue weighted by atomic mass is 127. The van der Waals surface area contributed by atoms with Crippen molar-refractivity contribution in [3.8, 4) is 5.75 Å². The molecule has 1 aliphatic rings. The average Bonchev–Trinajstić information content (AvgIpc) is 2.96. The van der Waals surface area contributed by atoms with Gasteiger partial charge in [-0.05, 0) is 31.9 Å². The second-order valence-corrected chi connectivity index (χ2v) is 5.12. The molecule has 22 heavy (non-hydrogen) atoms. The third kappa shape index (κ3) is 6.21. The summed E-state index contributed by atoms with van der Waals surface area (Å²) in [4.78, 5) is 4.20. The highest BCUT2D eigenvalue weighted by Gasteiger charge is 2.12. The molecule has 6 heteroatoms. The van der Waals surface area contributed by atoms with E-state index >= 15 is 0 Å². The Kier molecular flexibility index (Phi) is 8.22. The lowest BCUT2D eigenvalue weighted by molar-refractivity contribution is 0.223. The van der Waals surface area contributed by atoms with E-state index in [9.17, 15) is 4.39 Å². The molecule has 0 aromatic heterocycles. The molecule has 2 rings (SSSR count). The van der Waals surface area contributed by atoms with Crippen molar-refractivity contribution in [2.24, 2.45) is 4.99 Å². The Labute approximate surface area is 148 Å². The lowest BCUT2D eigenvalue weighted by atomic mass is 10.2. The van der Waals surface area contributed by atoms with Crippen LogP contribution >= 0.6 is 24.0 Å². The van der Waals surface area contributed by atoms with Crippen molar-refractivity contribution in [2.75, 3.05) is 13.6 Å². The first-order chi connectivity index (χ1) is 10.2. The molecular formula is C16H23FIN3O. The smallest absolute Gasteiger partial charge is 0.191 e. The molecule has 1 aromatic carbocycles. The Morgan fingerprint density at radius 2 is 2.14 bits per heavy atom. The number of guanidine groups is 1. The third-order valence-electron chi connectivity index (χ3n) is 3.26. The van der Waals surface area contributed by atoms with Gasteiger partial charge in [-0.2, -0.15) is 0 Å². The van der Waals surface area contributed by atoms with Gasteiger partial charge in [-0.15, -0.1) is 24.0 Å². The lowest BCUT2D eigenvalue weighted by Crippen LogP contribution is -2.45. The predicted octanol–water partition coefficient (Wildman–Crippen LogP) is 3.09. The Balaban J connectivity index is 0.00000242. The number of nitrogens with one attached hydrogen (secondary N) is 2. The van der Waals surface area contributed by atoms with Crippen LogP contribution in [0.5, 0.6) is 5.75 Å². The van der Waals surface area contributed by atoms with Gasteiger partial charge in [0, 0.05) is 19.2 Å². The quantitative estimate of drug-likeness (QED) is 0.334. The molecule has 4 nitrogen and oxygen atoms in total. The van der Waals surface area contributed by atoms with Crippen LogP contribution in [0.3, 0.4) is 0 Å². The van der Waals surface area contributed by atoms with Gasteiger partial charge in [0.1, 0.15) is 17.7 Å². The summed E-state index contributed by atoms with van der Waals surface area (Å²) in [6.07, 6.45) is 6.29. The van der Waals surface area contributed by atoms with E-state index in [4.69, 9.17) is 4.74 Å². The Hall–Kier alpha value is -1.31. The van der Waals surface area contributed by atoms with Crippen LogP contribution in [0.1, 0.15) is 19.8 Å². The van der Waals surface area contributed by atoms with Gasteiger partial charge in [0.05, 0.1) is 6.54 Å². The SMILES string of the molecule is CN=C(NCC(C)Oc1cccc(F)c1)NC1CC=CC1.I. The van der Waals surface area contributed by atoms with Crippen LogP contribution in [0.15, 0.2) is 41.4 Å². The predicted molar refractivity (Wildman–Crippen MR) is 98.6 cm³/mol. The van der Waals surface area contributed by atoms with Crippen molar-refractivity contribution in [2.45, 2.75) is 31.9 Å². The topological polar surface area (TPSA) is 45.7 Å². The van der Waals surface area contributed by atoms with Gasteiger partial charge in [0.25, 0.3) is 0 Å². The second-order valence-electron chi connectivity index (χ2n) is 5.12. The van der Waals surface area contributed by atoms with Crippen molar-refractivity contribution in [3.63, 3.8) is 0 Å². The number of rotatable bonds is 5. The fraction of sp³-hybridized carbons (Fsp3) is 0.438. The summed E-state index contributed by atoms with van der Waals surface area (Å²) >= 11 is 0. The molecule has 0 saturated carbocycles. The summed E-state index contributed by atoms with van der Waals surface area (Å²) in [5.74, 6) is 1.00. The average molecular weight is 419 g/mol. The molecule has 0 heterocycles. The van der Waals surface area contributed by atoms with E-state index in [1.165, 1.54) is 12.1 Å². The zero-order valence-electron chi connectivity index (χ0n) is 12.9. The molecule has 0 aliphatic heterocycles. The number of benzene rings is 1. The summed E-state index contributed by atoms with van der Waals surface area (Å²) in [5, 5.41) is 6.58. The van der Waals surface area contributed by atoms with Crippen LogP contribution in [0.25, 0.3) is 0 Å². The molecular weight excluding hydrogens is 396 g/mol. The summed E-state index contributed by atoms with van der Waals surface area (Å²) < 4.78 is 18.7. The van der Waals surface area contributed by atoms with Gasteiger partial charge in [-0.1, -0.05) is 18.2 Å². The maximum absolute atomic E-state index is 13.1. The van der Waals surface area contributed by atoms with E-state index in [2.05, 4.69) is 27.8 Å². The zero-order chi connectivity index (χ0) is 15.1. The van der Waals surface area contributed by atoms with Crippen LogP contribution < -0.4 is 15.4 Å². The first kappa shape index (κ1) is 18.7. The van der Waals surface area contributed by atoms with Crippen LogP contribution in [0.2, 0.25) is 0 Å². The van der Waals surface area contributed by atoms with E-state index in [0.717, 1.165) is 18.8 Å². The number of halogens is 2. The van der Waals surface area contributed by atoms with Crippen LogP contribution in [0, 0.1) is 5.82 Å². The van der Waals surface area contributed by atoms with Crippen LogP contribution in [-0.2, 0) is 0 Å². The minimum atomic E-state index is -0.293. The summed E-state index contributed by atoms with van der Waals surface area (Å²) in [6, 6.07) is 6.58. The third-order valence-corrected chi connectivity index (χ3v) is 3.26. The first-order valence-electron chi connectivity index (χ1n) is 7.22. The molecule has 0 fully saturated rings. The van der Waals surface area contributed by atoms with Gasteiger partial charge in [-0.25, -0.2) is 4.39 Å². The van der Waals surface area contributed by atoms with E-state index in [0.29, 0.717) is 18.3 Å². The summed E-state index contributed by atoms with van der Waals surface area (Å²) in [5.41, 5.74) is 0. The Bertz CT molecular complexity index is 514. The number of nitrogens with zero attached hydrogens (tertiary/aromatic N) is 1. The van der Waals surface area contributed by atoms with E-state index in [-0.39, 0.29) is 35.9 Å². The largest absolute Gasteiger partial charge is 0.489 e. The molecule has 0 bridgehead atoms. The molecule has 0 spiro atoms. The normalized spacial score (nSPS) is 16.0. The molecule has 122 valence electrons. The maximum Gasteiger partial charge on any atom is 0.191 e. The fourth-order valence-corrected chi connectivity index (χ4v) is 2.18. The molecule has 0 radical (unpaired) electrons. The van der Waals surface area contributed by atoms with Gasteiger partial charge in [0.15, 0.2) is 5.96 Å². The Morgan fingerprint density at radius 3 is 2.77 bits per heavy atom. The zero-order valence-corrected chi connectivity index (χ0v) is 15.2. The minimum Gasteiger partial charge on any atom is -0.489 e. The molecule has 1 aliphatic carbocycles. The summed E-state index contributed by atoms with van der Waals surface area (Å²) in [6.45, 7) is 2.53. The number of hydrogen-bond donors (Lipinski definition) is 2. The molecule has 0 amide bonds. The number of ether oxygens (including phenoxy) is 1. The standard InChI is InChI=1S/C16H22FN3O.HI/c1-12(21-15-9-5-6-13(17)10-15)11-19-16(18-2)20-14-7-3-4-8-14;/h3-6,9-10,12,14H,7-8,11H2,1-2H3,(H2,18,19,20);1H. The van der Waals surface area contributed by atoms with E-state index in [1.54, 1.807) is 19.2 Å².